The third kappa shape index (κ3) is 6.07. The van der Waals surface area contributed by atoms with E-state index in [-0.39, 0.29) is 18.3 Å². The van der Waals surface area contributed by atoms with Crippen molar-refractivity contribution in [1.82, 2.24) is 5.32 Å². The van der Waals surface area contributed by atoms with Gasteiger partial charge in [-0.25, -0.2) is 4.79 Å². The minimum Gasteiger partial charge on any atom is -0.481 e. The summed E-state index contributed by atoms with van der Waals surface area (Å²) in [5.74, 6) is -1.70. The molecule has 0 aliphatic carbocycles. The van der Waals surface area contributed by atoms with Crippen molar-refractivity contribution in [3.05, 3.63) is 29.8 Å². The van der Waals surface area contributed by atoms with Crippen molar-refractivity contribution < 1.29 is 19.5 Å². The number of hydrogen-bond donors (Lipinski definition) is 3. The fourth-order valence-corrected chi connectivity index (χ4v) is 1.63. The van der Waals surface area contributed by atoms with Gasteiger partial charge in [-0.05, 0) is 23.1 Å². The topological polar surface area (TPSA) is 95.5 Å². The van der Waals surface area contributed by atoms with Gasteiger partial charge >= 0.3 is 12.0 Å². The van der Waals surface area contributed by atoms with E-state index in [0.717, 1.165) is 5.56 Å². The van der Waals surface area contributed by atoms with Crippen molar-refractivity contribution in [2.45, 2.75) is 39.0 Å². The molecule has 114 valence electrons. The summed E-state index contributed by atoms with van der Waals surface area (Å²) in [4.78, 5) is 33.2. The molecule has 0 saturated heterocycles. The minimum atomic E-state index is -1.08. The van der Waals surface area contributed by atoms with Crippen molar-refractivity contribution in [3.8, 4) is 0 Å². The van der Waals surface area contributed by atoms with E-state index in [4.69, 9.17) is 5.11 Å². The van der Waals surface area contributed by atoms with Crippen LogP contribution in [-0.4, -0.2) is 23.0 Å². The van der Waals surface area contributed by atoms with E-state index in [1.807, 2.05) is 12.1 Å². The van der Waals surface area contributed by atoms with Gasteiger partial charge in [0.25, 0.3) is 0 Å². The monoisotopic (exact) mass is 292 g/mol. The molecule has 0 spiro atoms. The number of rotatable bonds is 4. The molecule has 0 aliphatic rings. The number of carbonyl (C=O) groups excluding carboxylic acids is 2. The number of benzene rings is 1. The molecular formula is C15H20N2O4. The highest BCUT2D eigenvalue weighted by atomic mass is 16.4. The zero-order valence-electron chi connectivity index (χ0n) is 12.4. The Morgan fingerprint density at radius 3 is 2.10 bits per heavy atom. The average molecular weight is 292 g/mol. The Labute approximate surface area is 123 Å². The lowest BCUT2D eigenvalue weighted by Gasteiger charge is -2.19. The summed E-state index contributed by atoms with van der Waals surface area (Å²) in [6.07, 6.45) is -0.537. The number of carboxylic acids is 1. The lowest BCUT2D eigenvalue weighted by atomic mass is 9.87. The number of carboxylic acid groups (broad SMARTS) is 1. The van der Waals surface area contributed by atoms with Gasteiger partial charge in [0.15, 0.2) is 0 Å². The summed E-state index contributed by atoms with van der Waals surface area (Å²) < 4.78 is 0. The molecule has 0 heterocycles. The molecule has 0 radical (unpaired) electrons. The molecule has 0 unspecified atom stereocenters. The lowest BCUT2D eigenvalue weighted by Crippen LogP contribution is -2.34. The molecule has 1 aromatic carbocycles. The number of carbonyl (C=O) groups is 3. The molecule has 0 atom stereocenters. The van der Waals surface area contributed by atoms with Gasteiger partial charge in [0, 0.05) is 12.1 Å². The molecule has 0 bridgehead atoms. The van der Waals surface area contributed by atoms with Gasteiger partial charge in [-0.2, -0.15) is 0 Å². The second-order valence-corrected chi connectivity index (χ2v) is 5.72. The molecule has 0 aliphatic heterocycles. The highest BCUT2D eigenvalue weighted by molar-refractivity contribution is 6.01. The first kappa shape index (κ1) is 16.7. The second-order valence-electron chi connectivity index (χ2n) is 5.72. The predicted molar refractivity (Wildman–Crippen MR) is 79.2 cm³/mol. The Balaban J connectivity index is 2.51. The number of hydrogen-bond acceptors (Lipinski definition) is 3. The van der Waals surface area contributed by atoms with Gasteiger partial charge in [0.05, 0.1) is 6.42 Å². The first-order valence-electron chi connectivity index (χ1n) is 6.61. The summed E-state index contributed by atoms with van der Waals surface area (Å²) in [6, 6.07) is 6.64. The summed E-state index contributed by atoms with van der Waals surface area (Å²) in [5, 5.41) is 13.0. The summed E-state index contributed by atoms with van der Waals surface area (Å²) in [6.45, 7) is 6.26. The Morgan fingerprint density at radius 1 is 1.05 bits per heavy atom. The van der Waals surface area contributed by atoms with Gasteiger partial charge in [-0.15, -0.1) is 0 Å². The smallest absolute Gasteiger partial charge is 0.325 e. The average Bonchev–Trinajstić information content (AvgIpc) is 2.35. The Kier molecular flexibility index (Phi) is 5.46. The van der Waals surface area contributed by atoms with Gasteiger partial charge in [0.1, 0.15) is 0 Å². The highest BCUT2D eigenvalue weighted by Gasteiger charge is 2.14. The number of amides is 3. The molecule has 0 fully saturated rings. The van der Waals surface area contributed by atoms with Crippen LogP contribution in [0, 0.1) is 0 Å². The maximum Gasteiger partial charge on any atom is 0.325 e. The minimum absolute atomic E-state index is 0.0214. The normalized spacial score (nSPS) is 10.8. The second kappa shape index (κ2) is 6.88. The van der Waals surface area contributed by atoms with Crippen LogP contribution in [0.3, 0.4) is 0 Å². The highest BCUT2D eigenvalue weighted by Crippen LogP contribution is 2.23. The number of nitrogens with one attached hydrogen (secondary N) is 2. The number of aliphatic carboxylic acids is 1. The van der Waals surface area contributed by atoms with Crippen LogP contribution in [-0.2, 0) is 15.0 Å². The third-order valence-corrected chi connectivity index (χ3v) is 2.83. The molecule has 6 heteroatoms. The van der Waals surface area contributed by atoms with Crippen LogP contribution in [0.5, 0.6) is 0 Å². The standard InChI is InChI=1S/C15H20N2O4/c1-15(2,3)10-4-6-11(7-5-10)16-14(21)17-12(18)8-9-13(19)20/h4-7H,8-9H2,1-3H3,(H,19,20)(H2,16,17,18,21). The molecule has 1 rings (SSSR count). The van der Waals surface area contributed by atoms with E-state index in [1.54, 1.807) is 12.1 Å². The van der Waals surface area contributed by atoms with Gasteiger partial charge in [0.2, 0.25) is 5.91 Å². The lowest BCUT2D eigenvalue weighted by molar-refractivity contribution is -0.138. The van der Waals surface area contributed by atoms with E-state index in [1.165, 1.54) is 0 Å². The van der Waals surface area contributed by atoms with Crippen molar-refractivity contribution in [2.24, 2.45) is 0 Å². The van der Waals surface area contributed by atoms with Crippen molar-refractivity contribution in [1.29, 1.82) is 0 Å². The molecule has 6 nitrogen and oxygen atoms in total. The van der Waals surface area contributed by atoms with Gasteiger partial charge in [-0.3, -0.25) is 14.9 Å². The van der Waals surface area contributed by atoms with Gasteiger partial charge in [-0.1, -0.05) is 32.9 Å². The van der Waals surface area contributed by atoms with Crippen LogP contribution in [0.15, 0.2) is 24.3 Å². The van der Waals surface area contributed by atoms with E-state index < -0.39 is 17.9 Å². The van der Waals surface area contributed by atoms with E-state index in [0.29, 0.717) is 5.69 Å². The van der Waals surface area contributed by atoms with Crippen LogP contribution in [0.25, 0.3) is 0 Å². The van der Waals surface area contributed by atoms with Crippen LogP contribution in [0.2, 0.25) is 0 Å². The fraction of sp³-hybridized carbons (Fsp3) is 0.400. The SMILES string of the molecule is CC(C)(C)c1ccc(NC(=O)NC(=O)CCC(=O)O)cc1. The third-order valence-electron chi connectivity index (χ3n) is 2.83. The zero-order valence-corrected chi connectivity index (χ0v) is 12.4. The zero-order chi connectivity index (χ0) is 16.0. The van der Waals surface area contributed by atoms with Crippen LogP contribution in [0.4, 0.5) is 10.5 Å². The molecule has 3 N–H and O–H groups in total. The molecule has 3 amide bonds. The van der Waals surface area contributed by atoms with E-state index in [9.17, 15) is 14.4 Å². The van der Waals surface area contributed by atoms with E-state index >= 15 is 0 Å². The van der Waals surface area contributed by atoms with Crippen molar-refractivity contribution in [3.63, 3.8) is 0 Å². The number of anilines is 1. The van der Waals surface area contributed by atoms with Gasteiger partial charge < -0.3 is 10.4 Å². The Hall–Kier alpha value is -2.37. The quantitative estimate of drug-likeness (QED) is 0.794. The van der Waals surface area contributed by atoms with Crippen LogP contribution >= 0.6 is 0 Å². The Morgan fingerprint density at radius 2 is 1.62 bits per heavy atom. The van der Waals surface area contributed by atoms with Crippen molar-refractivity contribution >= 4 is 23.6 Å². The summed E-state index contributed by atoms with van der Waals surface area (Å²) >= 11 is 0. The van der Waals surface area contributed by atoms with Crippen molar-refractivity contribution in [2.75, 3.05) is 5.32 Å². The molecule has 0 aromatic heterocycles. The summed E-state index contributed by atoms with van der Waals surface area (Å²) in [7, 11) is 0. The maximum atomic E-state index is 11.6. The first-order chi connectivity index (χ1) is 9.68. The van der Waals surface area contributed by atoms with Crippen LogP contribution < -0.4 is 10.6 Å². The maximum absolute atomic E-state index is 11.6. The number of imide groups is 1. The largest absolute Gasteiger partial charge is 0.481 e. The predicted octanol–water partition coefficient (Wildman–Crippen LogP) is 2.50. The first-order valence-corrected chi connectivity index (χ1v) is 6.61. The molecule has 21 heavy (non-hydrogen) atoms. The van der Waals surface area contributed by atoms with E-state index in [2.05, 4.69) is 31.4 Å². The molecule has 0 saturated carbocycles. The molecule has 1 aromatic rings. The fourth-order valence-electron chi connectivity index (χ4n) is 1.63. The summed E-state index contributed by atoms with van der Waals surface area (Å²) in [5.41, 5.74) is 1.71. The number of urea groups is 1. The van der Waals surface area contributed by atoms with Crippen LogP contribution in [0.1, 0.15) is 39.2 Å². The molecular weight excluding hydrogens is 272 g/mol. The Bertz CT molecular complexity index is 530.